The highest BCUT2D eigenvalue weighted by molar-refractivity contribution is 6.05. The van der Waals surface area contributed by atoms with Crippen molar-refractivity contribution in [2.24, 2.45) is 0 Å². The number of hydrogen-bond donors (Lipinski definition) is 1. The minimum Gasteiger partial charge on any atom is -0.493 e. The van der Waals surface area contributed by atoms with Gasteiger partial charge in [-0.15, -0.1) is 0 Å². The molecule has 0 aliphatic carbocycles. The molecule has 0 fully saturated rings. The second kappa shape index (κ2) is 7.96. The molecule has 3 aromatic rings. The Bertz CT molecular complexity index is 1080. The summed E-state index contributed by atoms with van der Waals surface area (Å²) >= 11 is 0. The molecule has 0 radical (unpaired) electrons. The number of rotatable bonds is 5. The summed E-state index contributed by atoms with van der Waals surface area (Å²) in [6.45, 7) is 0. The number of fused-ring (bicyclic) bond motifs is 1. The summed E-state index contributed by atoms with van der Waals surface area (Å²) in [5, 5.41) is 3.25. The Kier molecular flexibility index (Phi) is 5.44. The first-order valence-electron chi connectivity index (χ1n) is 8.60. The minimum atomic E-state index is -0.748. The summed E-state index contributed by atoms with van der Waals surface area (Å²) < 4.78 is 10.4. The van der Waals surface area contributed by atoms with Gasteiger partial charge in [-0.05, 0) is 29.8 Å². The third-order valence-electron chi connectivity index (χ3n) is 4.25. The molecule has 2 aromatic carbocycles. The van der Waals surface area contributed by atoms with Crippen LogP contribution in [0.2, 0.25) is 0 Å². The Morgan fingerprint density at radius 3 is 2.46 bits per heavy atom. The number of nitrogens with one attached hydrogen (secondary N) is 1. The molecule has 1 N–H and O–H groups in total. The molecular weight excluding hydrogens is 360 g/mol. The molecule has 0 aliphatic rings. The third-order valence-corrected chi connectivity index (χ3v) is 4.25. The molecule has 144 valence electrons. The number of amides is 2. The largest absolute Gasteiger partial charge is 0.493 e. The molecular formula is C21H20N2O5. The molecule has 0 saturated heterocycles. The van der Waals surface area contributed by atoms with E-state index in [1.54, 1.807) is 56.6 Å². The van der Waals surface area contributed by atoms with Gasteiger partial charge in [-0.25, -0.2) is 4.79 Å². The van der Waals surface area contributed by atoms with E-state index in [-0.39, 0.29) is 17.9 Å². The van der Waals surface area contributed by atoms with Crippen LogP contribution >= 0.6 is 0 Å². The smallest absolute Gasteiger partial charge is 0.349 e. The number of benzene rings is 2. The van der Waals surface area contributed by atoms with E-state index in [1.807, 2.05) is 0 Å². The number of carbonyl (C=O) groups is 2. The number of nitrogens with zero attached hydrogens (tertiary/aromatic N) is 1. The lowest BCUT2D eigenvalue weighted by molar-refractivity contribution is -0.127. The Morgan fingerprint density at radius 2 is 1.82 bits per heavy atom. The second-order valence-corrected chi connectivity index (χ2v) is 6.44. The zero-order valence-electron chi connectivity index (χ0n) is 15.8. The highest BCUT2D eigenvalue weighted by atomic mass is 16.5. The lowest BCUT2D eigenvalue weighted by atomic mass is 10.1. The topological polar surface area (TPSA) is 88.9 Å². The number of hydrogen-bond acceptors (Lipinski definition) is 5. The monoisotopic (exact) mass is 380 g/mol. The van der Waals surface area contributed by atoms with Crippen LogP contribution in [-0.2, 0) is 11.2 Å². The first-order chi connectivity index (χ1) is 13.4. The van der Waals surface area contributed by atoms with Crippen LogP contribution in [0.15, 0.2) is 57.7 Å². The van der Waals surface area contributed by atoms with Gasteiger partial charge in [0.15, 0.2) is 11.3 Å². The number of likely N-dealkylation sites (N-methyl/N-ethyl adjacent to an activating group) is 1. The lowest BCUT2D eigenvalue weighted by Crippen LogP contribution is -2.23. The molecule has 1 heterocycles. The van der Waals surface area contributed by atoms with Gasteiger partial charge in [0.25, 0.3) is 5.91 Å². The van der Waals surface area contributed by atoms with Gasteiger partial charge in [0.2, 0.25) is 5.91 Å². The van der Waals surface area contributed by atoms with Crippen LogP contribution in [0.25, 0.3) is 11.0 Å². The summed E-state index contributed by atoms with van der Waals surface area (Å²) in [6, 6.07) is 13.5. The van der Waals surface area contributed by atoms with Crippen molar-refractivity contribution in [2.45, 2.75) is 6.42 Å². The average Bonchev–Trinajstić information content (AvgIpc) is 2.68. The van der Waals surface area contributed by atoms with Crippen LogP contribution in [0.3, 0.4) is 0 Å². The standard InChI is InChI=1S/C21H20N2O5/c1-23(2)18(24)11-13-7-9-15(10-8-13)22-20(25)16-12-14-5-4-6-17(27-3)19(14)28-21(16)26/h4-10,12H,11H2,1-3H3,(H,22,25). The van der Waals surface area contributed by atoms with E-state index in [4.69, 9.17) is 9.15 Å². The Hall–Kier alpha value is -3.61. The first kappa shape index (κ1) is 19.2. The highest BCUT2D eigenvalue weighted by Gasteiger charge is 2.16. The summed E-state index contributed by atoms with van der Waals surface area (Å²) in [4.78, 5) is 38.0. The van der Waals surface area contributed by atoms with E-state index in [0.717, 1.165) is 5.56 Å². The summed E-state index contributed by atoms with van der Waals surface area (Å²) in [5.74, 6) is -0.166. The lowest BCUT2D eigenvalue weighted by Gasteiger charge is -2.10. The van der Waals surface area contributed by atoms with Crippen LogP contribution in [0, 0.1) is 0 Å². The number of anilines is 1. The first-order valence-corrected chi connectivity index (χ1v) is 8.60. The predicted octanol–water partition coefficient (Wildman–Crippen LogP) is 2.68. The van der Waals surface area contributed by atoms with Crippen molar-refractivity contribution in [3.8, 4) is 5.75 Å². The molecule has 0 bridgehead atoms. The SMILES string of the molecule is COc1cccc2cc(C(=O)Nc3ccc(CC(=O)N(C)C)cc3)c(=O)oc12. The Morgan fingerprint density at radius 1 is 1.11 bits per heavy atom. The van der Waals surface area contributed by atoms with Crippen LogP contribution in [0.4, 0.5) is 5.69 Å². The van der Waals surface area contributed by atoms with Gasteiger partial charge >= 0.3 is 5.63 Å². The van der Waals surface area contributed by atoms with Crippen molar-refractivity contribution in [1.29, 1.82) is 0 Å². The van der Waals surface area contributed by atoms with Crippen molar-refractivity contribution in [3.05, 3.63) is 70.1 Å². The molecule has 7 nitrogen and oxygen atoms in total. The quantitative estimate of drug-likeness (QED) is 0.688. The summed E-state index contributed by atoms with van der Waals surface area (Å²) in [6.07, 6.45) is 0.275. The van der Waals surface area contributed by atoms with E-state index in [2.05, 4.69) is 5.32 Å². The number of methoxy groups -OCH3 is 1. The van der Waals surface area contributed by atoms with Gasteiger partial charge in [-0.1, -0.05) is 24.3 Å². The average molecular weight is 380 g/mol. The van der Waals surface area contributed by atoms with Gasteiger partial charge in [0.05, 0.1) is 13.5 Å². The molecule has 0 atom stereocenters. The van der Waals surface area contributed by atoms with E-state index in [1.165, 1.54) is 18.1 Å². The molecule has 0 spiro atoms. The maximum atomic E-state index is 12.5. The van der Waals surface area contributed by atoms with Gasteiger partial charge in [-0.2, -0.15) is 0 Å². The summed E-state index contributed by atoms with van der Waals surface area (Å²) in [5.41, 5.74) is 0.780. The second-order valence-electron chi connectivity index (χ2n) is 6.44. The van der Waals surface area contributed by atoms with Crippen LogP contribution in [-0.4, -0.2) is 37.9 Å². The molecule has 0 unspecified atom stereocenters. The number of carbonyl (C=O) groups excluding carboxylic acids is 2. The summed E-state index contributed by atoms with van der Waals surface area (Å²) in [7, 11) is 4.87. The van der Waals surface area contributed by atoms with Crippen LogP contribution in [0.5, 0.6) is 5.75 Å². The normalized spacial score (nSPS) is 10.5. The molecule has 3 rings (SSSR count). The van der Waals surface area contributed by atoms with E-state index in [9.17, 15) is 14.4 Å². The van der Waals surface area contributed by atoms with Crippen molar-refractivity contribution in [1.82, 2.24) is 4.90 Å². The van der Waals surface area contributed by atoms with Crippen molar-refractivity contribution in [2.75, 3.05) is 26.5 Å². The molecule has 28 heavy (non-hydrogen) atoms. The molecule has 0 aliphatic heterocycles. The molecule has 2 amide bonds. The van der Waals surface area contributed by atoms with Gasteiger partial charge in [0, 0.05) is 25.2 Å². The highest BCUT2D eigenvalue weighted by Crippen LogP contribution is 2.24. The molecule has 7 heteroatoms. The van der Waals surface area contributed by atoms with Crippen LogP contribution in [0.1, 0.15) is 15.9 Å². The van der Waals surface area contributed by atoms with E-state index in [0.29, 0.717) is 22.4 Å². The molecule has 0 saturated carbocycles. The third kappa shape index (κ3) is 4.03. The zero-order chi connectivity index (χ0) is 20.3. The van der Waals surface area contributed by atoms with E-state index >= 15 is 0 Å². The Labute approximate surface area is 161 Å². The predicted molar refractivity (Wildman–Crippen MR) is 106 cm³/mol. The van der Waals surface area contributed by atoms with Gasteiger partial charge in [0.1, 0.15) is 5.56 Å². The Balaban J connectivity index is 1.80. The van der Waals surface area contributed by atoms with Crippen molar-refractivity contribution in [3.63, 3.8) is 0 Å². The van der Waals surface area contributed by atoms with Gasteiger partial charge < -0.3 is 19.4 Å². The fourth-order valence-electron chi connectivity index (χ4n) is 2.67. The van der Waals surface area contributed by atoms with Crippen molar-refractivity contribution >= 4 is 28.5 Å². The van der Waals surface area contributed by atoms with E-state index < -0.39 is 11.5 Å². The maximum absolute atomic E-state index is 12.5. The minimum absolute atomic E-state index is 0.0130. The van der Waals surface area contributed by atoms with Crippen molar-refractivity contribution < 1.29 is 18.7 Å². The number of para-hydroxylation sites is 1. The van der Waals surface area contributed by atoms with Gasteiger partial charge in [-0.3, -0.25) is 9.59 Å². The number of ether oxygens (including phenoxy) is 1. The fourth-order valence-corrected chi connectivity index (χ4v) is 2.67. The van der Waals surface area contributed by atoms with Crippen LogP contribution < -0.4 is 15.7 Å². The fraction of sp³-hybridized carbons (Fsp3) is 0.190. The maximum Gasteiger partial charge on any atom is 0.349 e. The molecule has 1 aromatic heterocycles. The zero-order valence-corrected chi connectivity index (χ0v) is 15.8.